The van der Waals surface area contributed by atoms with Gasteiger partial charge in [-0.05, 0) is 24.5 Å². The number of carboxylic acid groups (broad SMARTS) is 1. The highest BCUT2D eigenvalue weighted by Crippen LogP contribution is 2.19. The lowest BCUT2D eigenvalue weighted by Crippen LogP contribution is -2.48. The maximum atomic E-state index is 11.9. The van der Waals surface area contributed by atoms with Crippen molar-refractivity contribution in [2.45, 2.75) is 44.4 Å². The number of aliphatic carboxylic acids is 1. The molecule has 92 valence electrons. The third kappa shape index (κ3) is 3.70. The van der Waals surface area contributed by atoms with Crippen molar-refractivity contribution in [2.24, 2.45) is 0 Å². The van der Waals surface area contributed by atoms with Crippen LogP contribution in [0, 0.1) is 0 Å². The summed E-state index contributed by atoms with van der Waals surface area (Å²) in [6.45, 7) is 4.65. The molecule has 0 spiro atoms. The van der Waals surface area contributed by atoms with Crippen molar-refractivity contribution in [3.63, 3.8) is 0 Å². The molecule has 1 N–H and O–H groups in total. The van der Waals surface area contributed by atoms with Crippen LogP contribution in [0.1, 0.15) is 33.1 Å². The number of likely N-dealkylation sites (tertiary alicyclic amines) is 1. The van der Waals surface area contributed by atoms with Gasteiger partial charge in [0.25, 0.3) is 0 Å². The lowest BCUT2D eigenvalue weighted by atomic mass is 10.0. The first kappa shape index (κ1) is 13.4. The molecule has 1 fully saturated rings. The van der Waals surface area contributed by atoms with E-state index in [1.807, 2.05) is 13.8 Å². The molecular weight excluding hydrogens is 226 g/mol. The Morgan fingerprint density at radius 1 is 1.44 bits per heavy atom. The second-order valence-corrected chi connectivity index (χ2v) is 5.86. The van der Waals surface area contributed by atoms with E-state index in [1.165, 1.54) is 4.90 Å². The van der Waals surface area contributed by atoms with Crippen molar-refractivity contribution >= 4 is 23.6 Å². The third-order valence-electron chi connectivity index (χ3n) is 2.65. The van der Waals surface area contributed by atoms with Gasteiger partial charge in [-0.1, -0.05) is 13.8 Å². The van der Waals surface area contributed by atoms with Crippen LogP contribution in [0.4, 0.5) is 0 Å². The number of nitrogens with zero attached hydrogens (tertiary/aromatic N) is 1. The molecule has 0 unspecified atom stereocenters. The van der Waals surface area contributed by atoms with Crippen molar-refractivity contribution in [3.05, 3.63) is 0 Å². The molecule has 1 amide bonds. The highest BCUT2D eigenvalue weighted by molar-refractivity contribution is 8.00. The molecule has 0 aliphatic carbocycles. The fourth-order valence-corrected chi connectivity index (χ4v) is 2.45. The largest absolute Gasteiger partial charge is 0.480 e. The zero-order valence-electron chi connectivity index (χ0n) is 9.81. The Balaban J connectivity index is 2.54. The number of carbonyl (C=O) groups excluding carboxylic acids is 1. The highest BCUT2D eigenvalue weighted by atomic mass is 32.2. The molecule has 0 bridgehead atoms. The first-order valence-electron chi connectivity index (χ1n) is 5.66. The monoisotopic (exact) mass is 245 g/mol. The van der Waals surface area contributed by atoms with Gasteiger partial charge in [0.2, 0.25) is 5.91 Å². The highest BCUT2D eigenvalue weighted by Gasteiger charge is 2.31. The fraction of sp³-hybridized carbons (Fsp3) is 0.818. The summed E-state index contributed by atoms with van der Waals surface area (Å²) >= 11 is 1.56. The SMILES string of the molecule is CC(C)SCC(=O)N1CCCC[C@H]1C(=O)O. The van der Waals surface area contributed by atoms with Crippen LogP contribution in [0.25, 0.3) is 0 Å². The van der Waals surface area contributed by atoms with E-state index >= 15 is 0 Å². The minimum Gasteiger partial charge on any atom is -0.480 e. The van der Waals surface area contributed by atoms with Gasteiger partial charge in [0.1, 0.15) is 6.04 Å². The Morgan fingerprint density at radius 2 is 2.12 bits per heavy atom. The summed E-state index contributed by atoms with van der Waals surface area (Å²) in [6, 6.07) is -0.603. The van der Waals surface area contributed by atoms with Gasteiger partial charge < -0.3 is 10.0 Å². The Kier molecular flexibility index (Phi) is 5.12. The van der Waals surface area contributed by atoms with Crippen molar-refractivity contribution < 1.29 is 14.7 Å². The predicted molar refractivity (Wildman–Crippen MR) is 64.6 cm³/mol. The summed E-state index contributed by atoms with van der Waals surface area (Å²) in [5.74, 6) is -0.519. The van der Waals surface area contributed by atoms with Crippen molar-refractivity contribution in [2.75, 3.05) is 12.3 Å². The summed E-state index contributed by atoms with van der Waals surface area (Å²) < 4.78 is 0. The second-order valence-electron chi connectivity index (χ2n) is 4.30. The van der Waals surface area contributed by atoms with Crippen LogP contribution in [0.2, 0.25) is 0 Å². The van der Waals surface area contributed by atoms with Gasteiger partial charge in [-0.15, -0.1) is 11.8 Å². The molecule has 1 saturated heterocycles. The maximum Gasteiger partial charge on any atom is 0.326 e. The molecule has 0 aromatic carbocycles. The predicted octanol–water partition coefficient (Wildman–Crippen LogP) is 1.59. The van der Waals surface area contributed by atoms with Crippen LogP contribution in [0.15, 0.2) is 0 Å². The molecule has 4 nitrogen and oxygen atoms in total. The molecule has 0 aromatic rings. The third-order valence-corrected chi connectivity index (χ3v) is 3.73. The summed E-state index contributed by atoms with van der Waals surface area (Å²) in [4.78, 5) is 24.4. The van der Waals surface area contributed by atoms with Crippen molar-refractivity contribution in [3.8, 4) is 0 Å². The smallest absolute Gasteiger partial charge is 0.326 e. The summed E-state index contributed by atoms with van der Waals surface area (Å²) in [6.07, 6.45) is 2.41. The number of carboxylic acids is 1. The van der Waals surface area contributed by atoms with Crippen LogP contribution in [-0.4, -0.2) is 45.5 Å². The van der Waals surface area contributed by atoms with Gasteiger partial charge in [0.05, 0.1) is 5.75 Å². The van der Waals surface area contributed by atoms with E-state index in [-0.39, 0.29) is 5.91 Å². The quantitative estimate of drug-likeness (QED) is 0.817. The minimum atomic E-state index is -0.873. The number of hydrogen-bond donors (Lipinski definition) is 1. The van der Waals surface area contributed by atoms with E-state index in [0.717, 1.165) is 12.8 Å². The van der Waals surface area contributed by atoms with Gasteiger partial charge in [0.15, 0.2) is 0 Å². The Hall–Kier alpha value is -0.710. The van der Waals surface area contributed by atoms with Gasteiger partial charge in [-0.3, -0.25) is 4.79 Å². The molecule has 16 heavy (non-hydrogen) atoms. The van der Waals surface area contributed by atoms with E-state index < -0.39 is 12.0 Å². The summed E-state index contributed by atoms with van der Waals surface area (Å²) in [7, 11) is 0. The lowest BCUT2D eigenvalue weighted by molar-refractivity contribution is -0.150. The van der Waals surface area contributed by atoms with Gasteiger partial charge >= 0.3 is 5.97 Å². The van der Waals surface area contributed by atoms with E-state index in [2.05, 4.69) is 0 Å². The molecule has 1 aliphatic rings. The molecule has 1 heterocycles. The minimum absolute atomic E-state index is 0.0363. The molecule has 0 radical (unpaired) electrons. The van der Waals surface area contributed by atoms with E-state index in [4.69, 9.17) is 5.11 Å². The van der Waals surface area contributed by atoms with Gasteiger partial charge in [-0.25, -0.2) is 4.79 Å². The Morgan fingerprint density at radius 3 is 2.69 bits per heavy atom. The first-order valence-corrected chi connectivity index (χ1v) is 6.71. The fourth-order valence-electron chi connectivity index (χ4n) is 1.81. The zero-order chi connectivity index (χ0) is 12.1. The Labute approximate surface area is 100 Å². The van der Waals surface area contributed by atoms with E-state index in [0.29, 0.717) is 24.0 Å². The van der Waals surface area contributed by atoms with Crippen molar-refractivity contribution in [1.82, 2.24) is 4.90 Å². The number of hydrogen-bond acceptors (Lipinski definition) is 3. The number of thioether (sulfide) groups is 1. The van der Waals surface area contributed by atoms with E-state index in [9.17, 15) is 9.59 Å². The normalized spacial score (nSPS) is 21.2. The first-order chi connectivity index (χ1) is 7.52. The lowest BCUT2D eigenvalue weighted by Gasteiger charge is -2.33. The second kappa shape index (κ2) is 6.13. The standard InChI is InChI=1S/C11H19NO3S/c1-8(2)16-7-10(13)12-6-4-3-5-9(12)11(14)15/h8-9H,3-7H2,1-2H3,(H,14,15)/t9-/m0/s1. The van der Waals surface area contributed by atoms with Crippen LogP contribution in [-0.2, 0) is 9.59 Å². The van der Waals surface area contributed by atoms with Crippen LogP contribution in [0.5, 0.6) is 0 Å². The molecule has 1 rings (SSSR count). The zero-order valence-corrected chi connectivity index (χ0v) is 10.6. The average molecular weight is 245 g/mol. The summed E-state index contributed by atoms with van der Waals surface area (Å²) in [5, 5.41) is 9.43. The van der Waals surface area contributed by atoms with Crippen LogP contribution < -0.4 is 0 Å². The number of carbonyl (C=O) groups is 2. The Bertz CT molecular complexity index is 268. The van der Waals surface area contributed by atoms with Gasteiger partial charge in [0, 0.05) is 6.54 Å². The maximum absolute atomic E-state index is 11.9. The molecular formula is C11H19NO3S. The van der Waals surface area contributed by atoms with Gasteiger partial charge in [-0.2, -0.15) is 0 Å². The molecule has 1 atom stereocenters. The molecule has 0 saturated carbocycles. The molecule has 1 aliphatic heterocycles. The molecule has 0 aromatic heterocycles. The average Bonchev–Trinajstić information content (AvgIpc) is 2.25. The van der Waals surface area contributed by atoms with E-state index in [1.54, 1.807) is 11.8 Å². The molecule has 5 heteroatoms. The van der Waals surface area contributed by atoms with Crippen molar-refractivity contribution in [1.29, 1.82) is 0 Å². The summed E-state index contributed by atoms with van der Waals surface area (Å²) in [5.41, 5.74) is 0. The van der Waals surface area contributed by atoms with Crippen LogP contribution >= 0.6 is 11.8 Å². The number of piperidine rings is 1. The number of amides is 1. The number of rotatable bonds is 4. The topological polar surface area (TPSA) is 57.6 Å². The van der Waals surface area contributed by atoms with Crippen LogP contribution in [0.3, 0.4) is 0 Å².